The van der Waals surface area contributed by atoms with Crippen LogP contribution in [0.25, 0.3) is 0 Å². The largest absolute Gasteiger partial charge is 0.451 e. The minimum atomic E-state index is -4.29. The molecule has 0 aromatic rings. The van der Waals surface area contributed by atoms with E-state index >= 15 is 0 Å². The van der Waals surface area contributed by atoms with Crippen LogP contribution in [0.1, 0.15) is 48.0 Å². The maximum atomic E-state index is 13.1. The van der Waals surface area contributed by atoms with Crippen molar-refractivity contribution in [3.63, 3.8) is 0 Å². The van der Waals surface area contributed by atoms with Crippen molar-refractivity contribution < 1.29 is 55.0 Å². The number of ether oxygens (including phenoxy) is 3. The van der Waals surface area contributed by atoms with E-state index in [1.807, 2.05) is 0 Å². The number of sulfonamides is 1. The van der Waals surface area contributed by atoms with Crippen molar-refractivity contribution in [3.05, 3.63) is 20.1 Å². The molecule has 0 fully saturated rings. The lowest BCUT2D eigenvalue weighted by atomic mass is 10.0. The molecule has 5 atom stereocenters. The third-order valence-electron chi connectivity index (χ3n) is 6.05. The minimum Gasteiger partial charge on any atom is -0.451 e. The van der Waals surface area contributed by atoms with Crippen molar-refractivity contribution >= 4 is 61.3 Å². The SMILES string of the molecule is CCN(C(=O)CNC(=O)[C@H](C)OC(=O)[C@H](C)OC(=O)[C@H](C)OC(C)=O)[C@H]1C=C(S(N)(=O)=O)SC2=C1C[C@H](C)S2(=O)=O. The number of likely N-dealkylation sites (N-methyl/N-ethyl adjacent to an activating group) is 1. The van der Waals surface area contributed by atoms with Gasteiger partial charge in [-0.1, -0.05) is 11.8 Å². The van der Waals surface area contributed by atoms with E-state index in [2.05, 4.69) is 10.1 Å². The summed E-state index contributed by atoms with van der Waals surface area (Å²) in [5.74, 6) is -4.35. The van der Waals surface area contributed by atoms with Gasteiger partial charge in [0, 0.05) is 13.5 Å². The summed E-state index contributed by atoms with van der Waals surface area (Å²) in [6.45, 7) is 7.25. The highest BCUT2D eigenvalue weighted by Gasteiger charge is 2.45. The number of nitrogens with zero attached hydrogens (tertiary/aromatic N) is 1. The van der Waals surface area contributed by atoms with E-state index in [0.29, 0.717) is 17.3 Å². The van der Waals surface area contributed by atoms with Gasteiger partial charge in [0.15, 0.2) is 28.1 Å². The molecule has 0 saturated heterocycles. The minimum absolute atomic E-state index is 0.0306. The number of rotatable bonds is 11. The van der Waals surface area contributed by atoms with Gasteiger partial charge in [-0.05, 0) is 52.7 Å². The van der Waals surface area contributed by atoms with E-state index in [1.165, 1.54) is 38.7 Å². The molecule has 2 heterocycles. The highest BCUT2D eigenvalue weighted by atomic mass is 32.3. The molecule has 0 aliphatic carbocycles. The summed E-state index contributed by atoms with van der Waals surface area (Å²) < 4.78 is 63.7. The average molecular weight is 640 g/mol. The molecule has 0 aromatic heterocycles. The molecule has 230 valence electrons. The number of nitrogens with two attached hydrogens (primary N) is 1. The van der Waals surface area contributed by atoms with Gasteiger partial charge in [-0.25, -0.2) is 31.6 Å². The van der Waals surface area contributed by atoms with Gasteiger partial charge in [0.05, 0.1) is 17.8 Å². The van der Waals surface area contributed by atoms with Crippen LogP contribution in [0.4, 0.5) is 0 Å². The van der Waals surface area contributed by atoms with Crippen LogP contribution in [0.15, 0.2) is 20.1 Å². The molecular weight excluding hydrogens is 606 g/mol. The zero-order valence-corrected chi connectivity index (χ0v) is 25.7. The molecule has 2 rings (SSSR count). The van der Waals surface area contributed by atoms with E-state index in [4.69, 9.17) is 14.6 Å². The highest BCUT2D eigenvalue weighted by molar-refractivity contribution is 8.27. The molecule has 2 aliphatic rings. The van der Waals surface area contributed by atoms with Gasteiger partial charge in [-0.15, -0.1) is 0 Å². The summed E-state index contributed by atoms with van der Waals surface area (Å²) in [7, 11) is -8.11. The molecule has 41 heavy (non-hydrogen) atoms. The number of amides is 2. The fraction of sp³-hybridized carbons (Fsp3) is 0.609. The second kappa shape index (κ2) is 13.3. The number of esters is 3. The van der Waals surface area contributed by atoms with Crippen LogP contribution < -0.4 is 10.5 Å². The van der Waals surface area contributed by atoms with Gasteiger partial charge in [0.2, 0.25) is 15.9 Å². The first-order valence-electron chi connectivity index (χ1n) is 12.4. The van der Waals surface area contributed by atoms with Gasteiger partial charge >= 0.3 is 17.9 Å². The summed E-state index contributed by atoms with van der Waals surface area (Å²) in [4.78, 5) is 61.9. The van der Waals surface area contributed by atoms with Crippen LogP contribution in [0.2, 0.25) is 0 Å². The summed E-state index contributed by atoms with van der Waals surface area (Å²) in [5.41, 5.74) is 0.352. The topological polar surface area (TPSA) is 223 Å². The molecule has 0 radical (unpaired) electrons. The molecule has 0 aromatic carbocycles. The normalized spacial score (nSPS) is 21.9. The first-order chi connectivity index (χ1) is 18.8. The average Bonchev–Trinajstić information content (AvgIpc) is 3.09. The van der Waals surface area contributed by atoms with Crippen molar-refractivity contribution in [1.29, 1.82) is 0 Å². The Balaban J connectivity index is 2.07. The molecule has 3 N–H and O–H groups in total. The number of hydrogen-bond acceptors (Lipinski definition) is 13. The molecule has 0 unspecified atom stereocenters. The maximum absolute atomic E-state index is 13.1. The zero-order valence-electron chi connectivity index (χ0n) is 23.2. The first kappa shape index (κ1) is 34.2. The van der Waals surface area contributed by atoms with E-state index in [1.54, 1.807) is 6.92 Å². The smallest absolute Gasteiger partial charge is 0.347 e. The van der Waals surface area contributed by atoms with E-state index < -0.39 is 90.0 Å². The number of thioether (sulfide) groups is 1. The summed E-state index contributed by atoms with van der Waals surface area (Å²) in [5, 5.41) is 6.75. The third-order valence-corrected chi connectivity index (χ3v) is 11.4. The number of carbonyl (C=O) groups excluding carboxylic acids is 5. The number of primary sulfonamides is 1. The maximum Gasteiger partial charge on any atom is 0.347 e. The van der Waals surface area contributed by atoms with E-state index in [0.717, 1.165) is 6.92 Å². The van der Waals surface area contributed by atoms with Crippen molar-refractivity contribution in [1.82, 2.24) is 10.2 Å². The highest BCUT2D eigenvalue weighted by Crippen LogP contribution is 2.48. The molecule has 2 amide bonds. The lowest BCUT2D eigenvalue weighted by molar-refractivity contribution is -0.178. The number of nitrogens with one attached hydrogen (secondary N) is 1. The standard InChI is InChI=1S/C23H33N3O12S3/c1-7-26(17-9-19(41(24,34)35)39-23-16(17)8-11(2)40(23,32)33)18(28)10-25-20(29)12(3)37-22(31)14(5)38-21(30)13(4)36-15(6)27/h9,11-14,17H,7-8,10H2,1-6H3,(H,25,29)(H2,24,34,35)/t11-,12-,13-,14-,17-/m0/s1. The van der Waals surface area contributed by atoms with Crippen LogP contribution in [-0.4, -0.2) is 94.2 Å². The Kier molecular flexibility index (Phi) is 11.1. The van der Waals surface area contributed by atoms with Crippen molar-refractivity contribution in [2.45, 2.75) is 77.6 Å². The lowest BCUT2D eigenvalue weighted by Crippen LogP contribution is -2.48. The quantitative estimate of drug-likeness (QED) is 0.214. The second-order valence-electron chi connectivity index (χ2n) is 9.26. The van der Waals surface area contributed by atoms with Gasteiger partial charge in [-0.2, -0.15) is 0 Å². The van der Waals surface area contributed by atoms with Gasteiger partial charge in [0.1, 0.15) is 8.47 Å². The second-order valence-corrected chi connectivity index (χ2v) is 14.7. The zero-order chi connectivity index (χ0) is 31.4. The van der Waals surface area contributed by atoms with Gasteiger partial charge in [0.25, 0.3) is 5.91 Å². The predicted octanol–water partition coefficient (Wildman–Crippen LogP) is -0.570. The number of hydrogen-bond donors (Lipinski definition) is 2. The fourth-order valence-corrected chi connectivity index (χ4v) is 8.36. The monoisotopic (exact) mass is 639 g/mol. The van der Waals surface area contributed by atoms with Crippen molar-refractivity contribution in [2.75, 3.05) is 13.1 Å². The number of carbonyl (C=O) groups is 5. The molecule has 0 bridgehead atoms. The predicted molar refractivity (Wildman–Crippen MR) is 145 cm³/mol. The Morgan fingerprint density at radius 3 is 2.12 bits per heavy atom. The first-order valence-corrected chi connectivity index (χ1v) is 16.3. The molecular formula is C23H33N3O12S3. The van der Waals surface area contributed by atoms with Crippen LogP contribution >= 0.6 is 11.8 Å². The summed E-state index contributed by atoms with van der Waals surface area (Å²) in [6.07, 6.45) is -2.83. The fourth-order valence-electron chi connectivity index (χ4n) is 3.89. The van der Waals surface area contributed by atoms with Crippen LogP contribution in [0, 0.1) is 0 Å². The van der Waals surface area contributed by atoms with Gasteiger partial charge in [-0.3, -0.25) is 14.4 Å². The van der Waals surface area contributed by atoms with Crippen LogP contribution in [0.5, 0.6) is 0 Å². The summed E-state index contributed by atoms with van der Waals surface area (Å²) in [6, 6.07) is -1.03. The molecule has 15 nitrogen and oxygen atoms in total. The number of sulfone groups is 1. The third kappa shape index (κ3) is 8.30. The van der Waals surface area contributed by atoms with E-state index in [-0.39, 0.29) is 17.2 Å². The molecule has 2 aliphatic heterocycles. The Bertz CT molecular complexity index is 1390. The summed E-state index contributed by atoms with van der Waals surface area (Å²) >= 11 is 0.531. The van der Waals surface area contributed by atoms with E-state index in [9.17, 15) is 40.8 Å². The molecule has 18 heteroatoms. The van der Waals surface area contributed by atoms with Crippen LogP contribution in [-0.2, 0) is 58.0 Å². The van der Waals surface area contributed by atoms with Crippen molar-refractivity contribution in [3.8, 4) is 0 Å². The molecule has 0 saturated carbocycles. The Morgan fingerprint density at radius 1 is 1.07 bits per heavy atom. The lowest BCUT2D eigenvalue weighted by Gasteiger charge is -2.33. The Labute approximate surface area is 242 Å². The van der Waals surface area contributed by atoms with Crippen molar-refractivity contribution in [2.24, 2.45) is 5.14 Å². The molecule has 0 spiro atoms. The van der Waals surface area contributed by atoms with Gasteiger partial charge < -0.3 is 24.4 Å². The Hall–Kier alpha value is -2.96. The Morgan fingerprint density at radius 2 is 1.61 bits per heavy atom. The van der Waals surface area contributed by atoms with Crippen LogP contribution in [0.3, 0.4) is 0 Å².